The number of hydrogen-bond acceptors (Lipinski definition) is 4. The maximum Gasteiger partial charge on any atom is 0.250 e. The first-order valence-electron chi connectivity index (χ1n) is 7.71. The fourth-order valence-electron chi connectivity index (χ4n) is 2.38. The molecule has 0 atom stereocenters. The fraction of sp³-hybridized carbons (Fsp3) is 0.176. The van der Waals surface area contributed by atoms with E-state index in [9.17, 15) is 17.6 Å². The molecule has 3 rings (SSSR count). The van der Waals surface area contributed by atoms with Crippen LogP contribution in [-0.4, -0.2) is 41.2 Å². The van der Waals surface area contributed by atoms with E-state index in [0.29, 0.717) is 11.4 Å². The molecule has 0 aliphatic heterocycles. The van der Waals surface area contributed by atoms with Crippen LogP contribution in [0.25, 0.3) is 5.69 Å². The van der Waals surface area contributed by atoms with Crippen LogP contribution in [0.15, 0.2) is 64.5 Å². The van der Waals surface area contributed by atoms with Gasteiger partial charge in [0.2, 0.25) is 10.0 Å². The largest absolute Gasteiger partial charge is 0.308 e. The Kier molecular flexibility index (Phi) is 4.75. The van der Waals surface area contributed by atoms with Crippen molar-refractivity contribution in [3.05, 3.63) is 76.7 Å². The summed E-state index contributed by atoms with van der Waals surface area (Å²) in [6.45, 7) is 0.0952. The summed E-state index contributed by atoms with van der Waals surface area (Å²) in [5.74, 6) is -0.377. The molecule has 0 saturated heterocycles. The predicted molar refractivity (Wildman–Crippen MR) is 94.2 cm³/mol. The molecular weight excluding hydrogens is 359 g/mol. The van der Waals surface area contributed by atoms with Gasteiger partial charge < -0.3 is 4.57 Å². The summed E-state index contributed by atoms with van der Waals surface area (Å²) in [6.07, 6.45) is 2.94. The summed E-state index contributed by atoms with van der Waals surface area (Å²) in [5.41, 5.74) is 0.742. The van der Waals surface area contributed by atoms with Crippen LogP contribution < -0.4 is 5.56 Å². The Labute approximate surface area is 150 Å². The summed E-state index contributed by atoms with van der Waals surface area (Å²) in [4.78, 5) is 12.1. The molecule has 2 heterocycles. The van der Waals surface area contributed by atoms with Crippen molar-refractivity contribution in [3.8, 4) is 5.69 Å². The highest BCUT2D eigenvalue weighted by atomic mass is 32.2. The lowest BCUT2D eigenvalue weighted by Gasteiger charge is -2.12. The molecule has 1 aromatic carbocycles. The molecular formula is C17H17FN4O3S. The Balaban J connectivity index is 1.92. The molecule has 3 aromatic rings. The molecule has 2 aromatic heterocycles. The smallest absolute Gasteiger partial charge is 0.250 e. The van der Waals surface area contributed by atoms with Gasteiger partial charge >= 0.3 is 0 Å². The van der Waals surface area contributed by atoms with Gasteiger partial charge in [-0.05, 0) is 30.3 Å². The van der Waals surface area contributed by atoms with Crippen LogP contribution >= 0.6 is 0 Å². The summed E-state index contributed by atoms with van der Waals surface area (Å²) >= 11 is 0. The quantitative estimate of drug-likeness (QED) is 0.676. The van der Waals surface area contributed by atoms with Crippen LogP contribution in [0.5, 0.6) is 0 Å². The van der Waals surface area contributed by atoms with Crippen molar-refractivity contribution in [3.63, 3.8) is 0 Å². The lowest BCUT2D eigenvalue weighted by Crippen LogP contribution is -2.26. The van der Waals surface area contributed by atoms with Gasteiger partial charge in [-0.3, -0.25) is 4.79 Å². The van der Waals surface area contributed by atoms with Crippen molar-refractivity contribution in [1.29, 1.82) is 0 Å². The number of rotatable bonds is 5. The molecule has 0 aliphatic carbocycles. The monoisotopic (exact) mass is 376 g/mol. The Morgan fingerprint density at radius 2 is 1.92 bits per heavy atom. The minimum absolute atomic E-state index is 0.0201. The zero-order valence-electron chi connectivity index (χ0n) is 14.2. The van der Waals surface area contributed by atoms with E-state index in [2.05, 4.69) is 5.10 Å². The summed E-state index contributed by atoms with van der Waals surface area (Å²) in [6, 6.07) is 10.1. The number of aromatic nitrogens is 3. The number of benzene rings is 1. The van der Waals surface area contributed by atoms with Gasteiger partial charge in [0.05, 0.1) is 22.8 Å². The van der Waals surface area contributed by atoms with E-state index < -0.39 is 10.0 Å². The molecule has 136 valence electrons. The topological polar surface area (TPSA) is 77.2 Å². The molecule has 9 heteroatoms. The molecule has 0 amide bonds. The maximum atomic E-state index is 13.3. The highest BCUT2D eigenvalue weighted by Gasteiger charge is 2.18. The van der Waals surface area contributed by atoms with Crippen LogP contribution in [0.2, 0.25) is 0 Å². The molecule has 0 bridgehead atoms. The second-order valence-electron chi connectivity index (χ2n) is 5.85. The standard InChI is InChI=1S/C17H17FN4O3S/c1-20(2)26(24,25)16-6-7-17(23)21(12-16)11-14-8-9-22(19-14)15-5-3-4-13(18)10-15/h3-10,12H,11H2,1-2H3. The van der Waals surface area contributed by atoms with Gasteiger partial charge in [-0.25, -0.2) is 21.8 Å². The molecule has 0 spiro atoms. The van der Waals surface area contributed by atoms with Crippen molar-refractivity contribution < 1.29 is 12.8 Å². The Hall–Kier alpha value is -2.78. The van der Waals surface area contributed by atoms with E-state index >= 15 is 0 Å². The third-order valence-corrected chi connectivity index (χ3v) is 5.58. The first-order chi connectivity index (χ1) is 12.3. The normalized spacial score (nSPS) is 11.8. The van der Waals surface area contributed by atoms with Gasteiger partial charge in [0.15, 0.2) is 0 Å². The minimum atomic E-state index is -3.64. The average Bonchev–Trinajstić information content (AvgIpc) is 3.05. The van der Waals surface area contributed by atoms with Crippen LogP contribution in [0.1, 0.15) is 5.69 Å². The molecule has 0 N–H and O–H groups in total. The second-order valence-corrected chi connectivity index (χ2v) is 8.00. The van der Waals surface area contributed by atoms with Crippen LogP contribution in [0.4, 0.5) is 4.39 Å². The molecule has 0 aliphatic rings. The average molecular weight is 376 g/mol. The zero-order valence-corrected chi connectivity index (χ0v) is 15.0. The molecule has 0 unspecified atom stereocenters. The van der Waals surface area contributed by atoms with Crippen LogP contribution in [0.3, 0.4) is 0 Å². The van der Waals surface area contributed by atoms with Crippen molar-refractivity contribution in [2.24, 2.45) is 0 Å². The van der Waals surface area contributed by atoms with Crippen molar-refractivity contribution in [2.45, 2.75) is 11.4 Å². The lowest BCUT2D eigenvalue weighted by atomic mass is 10.3. The number of halogens is 1. The van der Waals surface area contributed by atoms with Crippen molar-refractivity contribution in [1.82, 2.24) is 18.7 Å². The zero-order chi connectivity index (χ0) is 18.9. The highest BCUT2D eigenvalue weighted by molar-refractivity contribution is 7.89. The van der Waals surface area contributed by atoms with E-state index in [1.807, 2.05) is 0 Å². The van der Waals surface area contributed by atoms with Gasteiger partial charge in [0, 0.05) is 32.6 Å². The molecule has 26 heavy (non-hydrogen) atoms. The van der Waals surface area contributed by atoms with E-state index in [1.165, 1.54) is 53.8 Å². The predicted octanol–water partition coefficient (Wildman–Crippen LogP) is 1.47. The Bertz CT molecular complexity index is 1100. The van der Waals surface area contributed by atoms with Gasteiger partial charge in [-0.1, -0.05) is 6.07 Å². The first-order valence-corrected chi connectivity index (χ1v) is 9.15. The lowest BCUT2D eigenvalue weighted by molar-refractivity contribution is 0.519. The molecule has 0 saturated carbocycles. The van der Waals surface area contributed by atoms with Crippen molar-refractivity contribution in [2.75, 3.05) is 14.1 Å². The third-order valence-electron chi connectivity index (χ3n) is 3.78. The summed E-state index contributed by atoms with van der Waals surface area (Å²) in [5, 5.41) is 4.32. The fourth-order valence-corrected chi connectivity index (χ4v) is 3.30. The van der Waals surface area contributed by atoms with Gasteiger partial charge in [-0.2, -0.15) is 5.10 Å². The summed E-state index contributed by atoms with van der Waals surface area (Å²) in [7, 11) is -0.801. The molecule has 0 fully saturated rings. The molecule has 7 nitrogen and oxygen atoms in total. The van der Waals surface area contributed by atoms with E-state index in [4.69, 9.17) is 0 Å². The van der Waals surface area contributed by atoms with Crippen molar-refractivity contribution >= 4 is 10.0 Å². The van der Waals surface area contributed by atoms with Crippen LogP contribution in [-0.2, 0) is 16.6 Å². The first kappa shape index (κ1) is 18.0. The number of hydrogen-bond donors (Lipinski definition) is 0. The Morgan fingerprint density at radius 3 is 2.62 bits per heavy atom. The van der Waals surface area contributed by atoms with E-state index in [0.717, 1.165) is 4.31 Å². The number of sulfonamides is 1. The van der Waals surface area contributed by atoms with E-state index in [-0.39, 0.29) is 22.8 Å². The second kappa shape index (κ2) is 6.85. The minimum Gasteiger partial charge on any atom is -0.308 e. The van der Waals surface area contributed by atoms with Gasteiger partial charge in [0.1, 0.15) is 5.82 Å². The maximum absolute atomic E-state index is 13.3. The SMILES string of the molecule is CN(C)S(=O)(=O)c1ccc(=O)n(Cc2ccn(-c3cccc(F)c3)n2)c1. The third kappa shape index (κ3) is 3.58. The number of pyridine rings is 1. The van der Waals surface area contributed by atoms with Gasteiger partial charge in [0.25, 0.3) is 5.56 Å². The molecule has 0 radical (unpaired) electrons. The van der Waals surface area contributed by atoms with E-state index in [1.54, 1.807) is 24.4 Å². The van der Waals surface area contributed by atoms with Crippen LogP contribution in [0, 0.1) is 5.82 Å². The van der Waals surface area contributed by atoms with Gasteiger partial charge in [-0.15, -0.1) is 0 Å². The number of nitrogens with zero attached hydrogens (tertiary/aromatic N) is 4. The summed E-state index contributed by atoms with van der Waals surface area (Å²) < 4.78 is 41.6. The Morgan fingerprint density at radius 1 is 1.15 bits per heavy atom. The highest BCUT2D eigenvalue weighted by Crippen LogP contribution is 2.13.